The Hall–Kier alpha value is -3.66. The summed E-state index contributed by atoms with van der Waals surface area (Å²) in [5.41, 5.74) is 0.625. The van der Waals surface area contributed by atoms with Gasteiger partial charge in [0.2, 0.25) is 5.75 Å². The van der Waals surface area contributed by atoms with Gasteiger partial charge in [-0.2, -0.15) is 0 Å². The maximum atomic E-state index is 11.8. The zero-order valence-electron chi connectivity index (χ0n) is 15.4. The van der Waals surface area contributed by atoms with Crippen molar-refractivity contribution in [3.8, 4) is 40.4 Å². The lowest BCUT2D eigenvalue weighted by Crippen LogP contribution is -2.01. The highest BCUT2D eigenvalue weighted by atomic mass is 16.5. The number of benzene rings is 1. The molecule has 0 unspecified atom stereocenters. The molecule has 0 spiro atoms. The van der Waals surface area contributed by atoms with Crippen LogP contribution in [0, 0.1) is 11.8 Å². The maximum Gasteiger partial charge on any atom is 0.336 e. The number of methoxy groups -OCH3 is 3. The van der Waals surface area contributed by atoms with Crippen molar-refractivity contribution in [3.05, 3.63) is 58.5 Å². The molecule has 1 aromatic carbocycles. The molecule has 0 saturated heterocycles. The fourth-order valence-electron chi connectivity index (χ4n) is 2.55. The highest BCUT2D eigenvalue weighted by Gasteiger charge is 2.17. The van der Waals surface area contributed by atoms with Gasteiger partial charge in [-0.25, -0.2) is 9.78 Å². The van der Waals surface area contributed by atoms with Crippen LogP contribution in [0.4, 0.5) is 0 Å². The van der Waals surface area contributed by atoms with Crippen molar-refractivity contribution in [2.75, 3.05) is 21.3 Å². The van der Waals surface area contributed by atoms with Crippen LogP contribution in [0.15, 0.2) is 45.9 Å². The fourth-order valence-corrected chi connectivity index (χ4v) is 2.55. The van der Waals surface area contributed by atoms with E-state index in [1.807, 2.05) is 7.05 Å². The monoisotopic (exact) mass is 366 g/mol. The lowest BCUT2D eigenvalue weighted by Gasteiger charge is -2.14. The molecule has 0 aliphatic carbocycles. The summed E-state index contributed by atoms with van der Waals surface area (Å²) in [5.74, 6) is 8.22. The third-order valence-electron chi connectivity index (χ3n) is 3.89. The number of hydrogen-bond acceptors (Lipinski definition) is 6. The standard InChI is InChI=1S/C20H18N2O5/c1-22-10-9-21-17(22)7-5-13-6-8-18(23)27-19(13)14-11-15(24-2)20(26-4)16(12-14)25-3/h6,8-12H,1-4H3. The first-order chi connectivity index (χ1) is 13.1. The van der Waals surface area contributed by atoms with Gasteiger partial charge < -0.3 is 23.2 Å². The summed E-state index contributed by atoms with van der Waals surface area (Å²) in [7, 11) is 6.41. The van der Waals surface area contributed by atoms with E-state index in [4.69, 9.17) is 18.6 Å². The van der Waals surface area contributed by atoms with E-state index in [2.05, 4.69) is 16.8 Å². The second-order valence-electron chi connectivity index (χ2n) is 5.52. The third kappa shape index (κ3) is 3.65. The average molecular weight is 366 g/mol. The third-order valence-corrected chi connectivity index (χ3v) is 3.89. The van der Waals surface area contributed by atoms with E-state index in [0.717, 1.165) is 0 Å². The Morgan fingerprint density at radius 3 is 2.30 bits per heavy atom. The molecular weight excluding hydrogens is 348 g/mol. The van der Waals surface area contributed by atoms with E-state index in [9.17, 15) is 4.79 Å². The van der Waals surface area contributed by atoms with Crippen molar-refractivity contribution in [1.29, 1.82) is 0 Å². The molecule has 0 aliphatic heterocycles. The number of rotatable bonds is 4. The first kappa shape index (κ1) is 18.1. The van der Waals surface area contributed by atoms with Gasteiger partial charge in [-0.1, -0.05) is 5.92 Å². The van der Waals surface area contributed by atoms with Crippen LogP contribution in [-0.4, -0.2) is 30.9 Å². The highest BCUT2D eigenvalue weighted by Crippen LogP contribution is 2.41. The molecule has 3 aromatic rings. The smallest absolute Gasteiger partial charge is 0.336 e. The van der Waals surface area contributed by atoms with E-state index in [1.165, 1.54) is 27.4 Å². The van der Waals surface area contributed by atoms with Crippen molar-refractivity contribution >= 4 is 0 Å². The van der Waals surface area contributed by atoms with Gasteiger partial charge in [0.15, 0.2) is 23.1 Å². The van der Waals surface area contributed by atoms with Crippen LogP contribution < -0.4 is 19.8 Å². The normalized spacial score (nSPS) is 10.1. The van der Waals surface area contributed by atoms with Gasteiger partial charge in [0, 0.05) is 31.1 Å². The molecule has 7 nitrogen and oxygen atoms in total. The minimum atomic E-state index is -0.485. The van der Waals surface area contributed by atoms with E-state index in [-0.39, 0.29) is 0 Å². The number of aryl methyl sites for hydroxylation is 1. The van der Waals surface area contributed by atoms with Crippen LogP contribution in [0.2, 0.25) is 0 Å². The lowest BCUT2D eigenvalue weighted by atomic mass is 10.1. The van der Waals surface area contributed by atoms with E-state index in [1.54, 1.807) is 35.2 Å². The Labute approximate surface area is 156 Å². The second kappa shape index (κ2) is 7.70. The number of aromatic nitrogens is 2. The minimum absolute atomic E-state index is 0.309. The van der Waals surface area contributed by atoms with Crippen LogP contribution in [0.3, 0.4) is 0 Å². The molecule has 0 amide bonds. The van der Waals surface area contributed by atoms with Gasteiger partial charge >= 0.3 is 5.63 Å². The molecule has 0 atom stereocenters. The maximum absolute atomic E-state index is 11.8. The minimum Gasteiger partial charge on any atom is -0.493 e. The van der Waals surface area contributed by atoms with Crippen molar-refractivity contribution in [2.45, 2.75) is 0 Å². The zero-order chi connectivity index (χ0) is 19.4. The molecule has 27 heavy (non-hydrogen) atoms. The first-order valence-corrected chi connectivity index (χ1v) is 8.01. The topological polar surface area (TPSA) is 75.7 Å². The van der Waals surface area contributed by atoms with E-state index >= 15 is 0 Å². The molecule has 0 fully saturated rings. The van der Waals surface area contributed by atoms with E-state index in [0.29, 0.717) is 40.0 Å². The predicted octanol–water partition coefficient (Wildman–Crippen LogP) is 2.47. The first-order valence-electron chi connectivity index (χ1n) is 8.01. The summed E-state index contributed by atoms with van der Waals surface area (Å²) in [6.45, 7) is 0. The SMILES string of the molecule is COc1cc(-c2oc(=O)ccc2C#Cc2nccn2C)cc(OC)c1OC. The van der Waals surface area contributed by atoms with Crippen LogP contribution in [0.1, 0.15) is 11.4 Å². The van der Waals surface area contributed by atoms with Crippen molar-refractivity contribution in [3.63, 3.8) is 0 Å². The number of hydrogen-bond donors (Lipinski definition) is 0. The largest absolute Gasteiger partial charge is 0.493 e. The predicted molar refractivity (Wildman–Crippen MR) is 99.3 cm³/mol. The average Bonchev–Trinajstić information content (AvgIpc) is 3.10. The molecule has 0 radical (unpaired) electrons. The Balaban J connectivity index is 2.18. The highest BCUT2D eigenvalue weighted by molar-refractivity contribution is 5.72. The number of imidazole rings is 1. The van der Waals surface area contributed by atoms with Gasteiger partial charge in [0.25, 0.3) is 0 Å². The van der Waals surface area contributed by atoms with Crippen LogP contribution in [0.5, 0.6) is 17.2 Å². The quantitative estimate of drug-likeness (QED) is 0.661. The summed E-state index contributed by atoms with van der Waals surface area (Å²) in [6, 6.07) is 6.33. The van der Waals surface area contributed by atoms with Crippen LogP contribution in [0.25, 0.3) is 11.3 Å². The van der Waals surface area contributed by atoms with Crippen molar-refractivity contribution in [2.24, 2.45) is 7.05 Å². The molecule has 0 aliphatic rings. The van der Waals surface area contributed by atoms with Crippen LogP contribution in [-0.2, 0) is 7.05 Å². The van der Waals surface area contributed by atoms with Gasteiger partial charge in [0.1, 0.15) is 0 Å². The Morgan fingerprint density at radius 1 is 1.04 bits per heavy atom. The molecular formula is C20H18N2O5. The molecule has 138 valence electrons. The van der Waals surface area contributed by atoms with Gasteiger partial charge in [-0.05, 0) is 24.1 Å². The zero-order valence-corrected chi connectivity index (χ0v) is 15.4. The Kier molecular flexibility index (Phi) is 5.18. The lowest BCUT2D eigenvalue weighted by molar-refractivity contribution is 0.324. The summed E-state index contributed by atoms with van der Waals surface area (Å²) in [5, 5.41) is 0. The Bertz CT molecular complexity index is 1060. The van der Waals surface area contributed by atoms with Gasteiger partial charge in [-0.3, -0.25) is 0 Å². The van der Waals surface area contributed by atoms with Crippen LogP contribution >= 0.6 is 0 Å². The molecule has 2 aromatic heterocycles. The fraction of sp³-hybridized carbons (Fsp3) is 0.200. The Morgan fingerprint density at radius 2 is 1.74 bits per heavy atom. The molecule has 0 N–H and O–H groups in total. The summed E-state index contributed by atoms with van der Waals surface area (Å²) < 4.78 is 23.3. The second-order valence-corrected chi connectivity index (χ2v) is 5.52. The number of ether oxygens (including phenoxy) is 3. The van der Waals surface area contributed by atoms with Crippen molar-refractivity contribution in [1.82, 2.24) is 9.55 Å². The van der Waals surface area contributed by atoms with Gasteiger partial charge in [-0.15, -0.1) is 0 Å². The summed E-state index contributed by atoms with van der Waals surface area (Å²) >= 11 is 0. The molecule has 0 bridgehead atoms. The summed E-state index contributed by atoms with van der Waals surface area (Å²) in [4.78, 5) is 16.0. The summed E-state index contributed by atoms with van der Waals surface area (Å²) in [6.07, 6.45) is 3.46. The molecule has 0 saturated carbocycles. The van der Waals surface area contributed by atoms with E-state index < -0.39 is 5.63 Å². The van der Waals surface area contributed by atoms with Gasteiger partial charge in [0.05, 0.1) is 26.9 Å². The molecule has 2 heterocycles. The molecule has 7 heteroatoms. The molecule has 3 rings (SSSR count). The van der Waals surface area contributed by atoms with Crippen molar-refractivity contribution < 1.29 is 18.6 Å². The number of nitrogens with zero attached hydrogens (tertiary/aromatic N) is 2.